The highest BCUT2D eigenvalue weighted by Crippen LogP contribution is 2.09. The minimum atomic E-state index is -0.852. The number of halogens is 2. The zero-order valence-electron chi connectivity index (χ0n) is 6.03. The van der Waals surface area contributed by atoms with Gasteiger partial charge in [-0.05, 0) is 26.2 Å². The van der Waals surface area contributed by atoms with Gasteiger partial charge < -0.3 is 0 Å². The minimum Gasteiger partial charge on any atom is -0.248 e. The summed E-state index contributed by atoms with van der Waals surface area (Å²) in [5.74, 6) is 0. The summed E-state index contributed by atoms with van der Waals surface area (Å²) < 4.78 is 24.4. The summed E-state index contributed by atoms with van der Waals surface area (Å²) in [6.45, 7) is 3.23. The molecule has 2 atom stereocenters. The maximum Gasteiger partial charge on any atom is 0.1000 e. The van der Waals surface area contributed by atoms with Crippen molar-refractivity contribution in [1.82, 2.24) is 0 Å². The van der Waals surface area contributed by atoms with E-state index in [-0.39, 0.29) is 0 Å². The minimum absolute atomic E-state index is 0.356. The Kier molecular flexibility index (Phi) is 4.64. The monoisotopic (exact) mass is 136 g/mol. The molecule has 0 spiro atoms. The van der Waals surface area contributed by atoms with Gasteiger partial charge in [0.2, 0.25) is 0 Å². The van der Waals surface area contributed by atoms with Crippen LogP contribution in [0.4, 0.5) is 8.78 Å². The summed E-state index contributed by atoms with van der Waals surface area (Å²) in [4.78, 5) is 0. The Bertz CT molecular complexity index is 61.9. The van der Waals surface area contributed by atoms with E-state index in [1.54, 1.807) is 6.92 Å². The van der Waals surface area contributed by atoms with Crippen molar-refractivity contribution in [1.29, 1.82) is 0 Å². The molecule has 0 aromatic heterocycles. The van der Waals surface area contributed by atoms with E-state index in [1.807, 2.05) is 0 Å². The molecule has 0 radical (unpaired) electrons. The topological polar surface area (TPSA) is 0 Å². The van der Waals surface area contributed by atoms with Crippen molar-refractivity contribution in [3.63, 3.8) is 0 Å². The molecule has 0 nitrogen and oxygen atoms in total. The number of rotatable bonds is 4. The van der Waals surface area contributed by atoms with Crippen LogP contribution in [-0.4, -0.2) is 12.3 Å². The highest BCUT2D eigenvalue weighted by Gasteiger charge is 2.05. The fraction of sp³-hybridized carbons (Fsp3) is 1.00. The lowest BCUT2D eigenvalue weighted by Crippen LogP contribution is -2.01. The predicted octanol–water partition coefficient (Wildman–Crippen LogP) is 2.87. The van der Waals surface area contributed by atoms with E-state index in [4.69, 9.17) is 0 Å². The second-order valence-corrected chi connectivity index (χ2v) is 2.36. The predicted molar refractivity (Wildman–Crippen MR) is 35.0 cm³/mol. The highest BCUT2D eigenvalue weighted by molar-refractivity contribution is 4.55. The number of alkyl halides is 2. The van der Waals surface area contributed by atoms with Gasteiger partial charge in [0.05, 0.1) is 12.3 Å². The maximum atomic E-state index is 12.3. The van der Waals surface area contributed by atoms with Gasteiger partial charge in [0, 0.05) is 0 Å². The Morgan fingerprint density at radius 2 is 1.78 bits per heavy atom. The van der Waals surface area contributed by atoms with Gasteiger partial charge in [0.15, 0.2) is 0 Å². The van der Waals surface area contributed by atoms with Gasteiger partial charge in [-0.2, -0.15) is 0 Å². The lowest BCUT2D eigenvalue weighted by molar-refractivity contribution is 0.255. The Balaban J connectivity index is 3.06. The van der Waals surface area contributed by atoms with Gasteiger partial charge in [-0.3, -0.25) is 0 Å². The first kappa shape index (κ1) is 8.86. The summed E-state index contributed by atoms with van der Waals surface area (Å²) in [6, 6.07) is 0. The average molecular weight is 136 g/mol. The molecule has 0 heterocycles. The first-order chi connectivity index (χ1) is 4.16. The molecular formula is C7H14F2. The molecule has 0 aliphatic rings. The van der Waals surface area contributed by atoms with Crippen LogP contribution in [0, 0.1) is 0 Å². The van der Waals surface area contributed by atoms with Crippen LogP contribution >= 0.6 is 0 Å². The number of hydrogen-bond acceptors (Lipinski definition) is 0. The largest absolute Gasteiger partial charge is 0.248 e. The van der Waals surface area contributed by atoms with Crippen LogP contribution < -0.4 is 0 Å². The fourth-order valence-electron chi connectivity index (χ4n) is 0.615. The second kappa shape index (κ2) is 4.71. The maximum absolute atomic E-state index is 12.3. The molecule has 0 amide bonds. The van der Waals surface area contributed by atoms with Crippen molar-refractivity contribution >= 4 is 0 Å². The summed E-state index contributed by atoms with van der Waals surface area (Å²) in [7, 11) is 0. The molecule has 0 fully saturated rings. The van der Waals surface area contributed by atoms with Crippen molar-refractivity contribution in [2.24, 2.45) is 0 Å². The van der Waals surface area contributed by atoms with Gasteiger partial charge in [-0.1, -0.05) is 6.92 Å². The van der Waals surface area contributed by atoms with Crippen LogP contribution in [0.3, 0.4) is 0 Å². The first-order valence-corrected chi connectivity index (χ1v) is 3.45. The van der Waals surface area contributed by atoms with Crippen LogP contribution in [0.1, 0.15) is 33.1 Å². The van der Waals surface area contributed by atoms with Crippen molar-refractivity contribution in [3.05, 3.63) is 0 Å². The SMILES string of the molecule is CC[C@H](F)CCC(C)F. The van der Waals surface area contributed by atoms with E-state index in [0.29, 0.717) is 19.3 Å². The molecule has 0 N–H and O–H groups in total. The summed E-state index contributed by atoms with van der Waals surface area (Å²) in [6.07, 6.45) is -0.423. The van der Waals surface area contributed by atoms with Gasteiger partial charge in [-0.25, -0.2) is 8.78 Å². The molecule has 1 unspecified atom stereocenters. The lowest BCUT2D eigenvalue weighted by Gasteiger charge is -2.03. The molecule has 0 aliphatic carbocycles. The van der Waals surface area contributed by atoms with E-state index in [9.17, 15) is 8.78 Å². The third-order valence-corrected chi connectivity index (χ3v) is 1.32. The van der Waals surface area contributed by atoms with Crippen molar-refractivity contribution in [2.75, 3.05) is 0 Å². The van der Waals surface area contributed by atoms with Crippen molar-refractivity contribution in [3.8, 4) is 0 Å². The van der Waals surface area contributed by atoms with Gasteiger partial charge in [0.25, 0.3) is 0 Å². The molecule has 2 heteroatoms. The van der Waals surface area contributed by atoms with Crippen LogP contribution in [0.2, 0.25) is 0 Å². The molecule has 0 aliphatic heterocycles. The van der Waals surface area contributed by atoms with Crippen LogP contribution in [0.5, 0.6) is 0 Å². The lowest BCUT2D eigenvalue weighted by atomic mass is 10.1. The van der Waals surface area contributed by atoms with Gasteiger partial charge >= 0.3 is 0 Å². The van der Waals surface area contributed by atoms with Crippen molar-refractivity contribution in [2.45, 2.75) is 45.5 Å². The van der Waals surface area contributed by atoms with E-state index in [0.717, 1.165) is 0 Å². The van der Waals surface area contributed by atoms with Crippen LogP contribution in [0.15, 0.2) is 0 Å². The smallest absolute Gasteiger partial charge is 0.1000 e. The normalized spacial score (nSPS) is 17.3. The highest BCUT2D eigenvalue weighted by atomic mass is 19.1. The summed E-state index contributed by atoms with van der Waals surface area (Å²) >= 11 is 0. The standard InChI is InChI=1S/C7H14F2/c1-3-7(9)5-4-6(2)8/h6-7H,3-5H2,1-2H3/t6?,7-/m0/s1. The molecular weight excluding hydrogens is 122 g/mol. The molecule has 0 bridgehead atoms. The zero-order chi connectivity index (χ0) is 7.28. The second-order valence-electron chi connectivity index (χ2n) is 2.36. The Morgan fingerprint density at radius 3 is 2.11 bits per heavy atom. The Hall–Kier alpha value is -0.140. The van der Waals surface area contributed by atoms with Crippen LogP contribution in [0.25, 0.3) is 0 Å². The van der Waals surface area contributed by atoms with Gasteiger partial charge in [-0.15, -0.1) is 0 Å². The molecule has 56 valence electrons. The third kappa shape index (κ3) is 5.74. The number of hydrogen-bond donors (Lipinski definition) is 0. The van der Waals surface area contributed by atoms with E-state index in [2.05, 4.69) is 0 Å². The average Bonchev–Trinajstić information content (AvgIpc) is 1.83. The summed E-state index contributed by atoms with van der Waals surface area (Å²) in [5.41, 5.74) is 0. The van der Waals surface area contributed by atoms with E-state index >= 15 is 0 Å². The van der Waals surface area contributed by atoms with Gasteiger partial charge in [0.1, 0.15) is 0 Å². The Morgan fingerprint density at radius 1 is 1.22 bits per heavy atom. The van der Waals surface area contributed by atoms with Crippen LogP contribution in [-0.2, 0) is 0 Å². The molecule has 0 aromatic rings. The molecule has 0 saturated carbocycles. The third-order valence-electron chi connectivity index (χ3n) is 1.32. The van der Waals surface area contributed by atoms with E-state index in [1.165, 1.54) is 6.92 Å². The molecule has 9 heavy (non-hydrogen) atoms. The van der Waals surface area contributed by atoms with E-state index < -0.39 is 12.3 Å². The van der Waals surface area contributed by atoms with Crippen molar-refractivity contribution < 1.29 is 8.78 Å². The molecule has 0 saturated heterocycles. The fourth-order valence-corrected chi connectivity index (χ4v) is 0.615. The summed E-state index contributed by atoms with van der Waals surface area (Å²) in [5, 5.41) is 0. The Labute approximate surface area is 55.3 Å². The quantitative estimate of drug-likeness (QED) is 0.557. The zero-order valence-corrected chi connectivity index (χ0v) is 6.03. The molecule has 0 aromatic carbocycles. The first-order valence-electron chi connectivity index (χ1n) is 3.45. The molecule has 0 rings (SSSR count).